The molecule has 4 heteroatoms. The van der Waals surface area contributed by atoms with Gasteiger partial charge in [-0.05, 0) is 30.4 Å². The fourth-order valence-corrected chi connectivity index (χ4v) is 1.20. The van der Waals surface area contributed by atoms with Gasteiger partial charge in [-0.2, -0.15) is 0 Å². The van der Waals surface area contributed by atoms with Crippen molar-refractivity contribution in [1.82, 2.24) is 4.98 Å². The number of nitrogens with zero attached hydrogens (tertiary/aromatic N) is 1. The van der Waals surface area contributed by atoms with Crippen LogP contribution in [0.15, 0.2) is 18.5 Å². The zero-order chi connectivity index (χ0) is 8.39. The van der Waals surface area contributed by atoms with Crippen LogP contribution in [0, 0.1) is 0 Å². The lowest BCUT2D eigenvalue weighted by Crippen LogP contribution is -2.00. The standard InChI is InChI=1S/C8H9BNO2/c11-9-12-8-3-7(4-10-5-8)6-1-2-6/h3-6,11H,1-2H2. The fraction of sp³-hybridized carbons (Fsp3) is 0.375. The van der Waals surface area contributed by atoms with Crippen LogP contribution in [-0.4, -0.2) is 17.7 Å². The third-order valence-electron chi connectivity index (χ3n) is 1.97. The molecule has 0 saturated heterocycles. The van der Waals surface area contributed by atoms with Crippen molar-refractivity contribution in [3.8, 4) is 5.75 Å². The molecule has 1 aromatic rings. The average Bonchev–Trinajstić information content (AvgIpc) is 2.88. The second kappa shape index (κ2) is 3.15. The van der Waals surface area contributed by atoms with Crippen LogP contribution in [0.3, 0.4) is 0 Å². The summed E-state index contributed by atoms with van der Waals surface area (Å²) in [7, 11) is 0.674. The third-order valence-corrected chi connectivity index (χ3v) is 1.97. The van der Waals surface area contributed by atoms with Gasteiger partial charge in [0.25, 0.3) is 0 Å². The summed E-state index contributed by atoms with van der Waals surface area (Å²) in [6.45, 7) is 0. The van der Waals surface area contributed by atoms with E-state index in [0.29, 0.717) is 19.4 Å². The molecule has 0 amide bonds. The number of aromatic nitrogens is 1. The molecule has 1 aliphatic carbocycles. The zero-order valence-corrected chi connectivity index (χ0v) is 6.60. The van der Waals surface area contributed by atoms with Crippen LogP contribution in [0.25, 0.3) is 0 Å². The number of hydrogen-bond acceptors (Lipinski definition) is 3. The van der Waals surface area contributed by atoms with Gasteiger partial charge < -0.3 is 9.68 Å². The Hall–Kier alpha value is -1.03. The molecule has 0 atom stereocenters. The summed E-state index contributed by atoms with van der Waals surface area (Å²) in [5.74, 6) is 1.27. The number of hydrogen-bond donors (Lipinski definition) is 1. The summed E-state index contributed by atoms with van der Waals surface area (Å²) >= 11 is 0. The Morgan fingerprint density at radius 2 is 2.33 bits per heavy atom. The minimum atomic E-state index is 0.599. The Morgan fingerprint density at radius 1 is 1.50 bits per heavy atom. The van der Waals surface area contributed by atoms with Crippen molar-refractivity contribution in [3.05, 3.63) is 24.0 Å². The van der Waals surface area contributed by atoms with Crippen LogP contribution < -0.4 is 4.65 Å². The van der Waals surface area contributed by atoms with E-state index in [2.05, 4.69) is 4.98 Å². The Bertz CT molecular complexity index is 276. The van der Waals surface area contributed by atoms with Crippen molar-refractivity contribution >= 4 is 7.69 Å². The topological polar surface area (TPSA) is 42.4 Å². The summed E-state index contributed by atoms with van der Waals surface area (Å²) in [5, 5.41) is 8.39. The Labute approximate surface area is 71.7 Å². The molecule has 1 N–H and O–H groups in total. The van der Waals surface area contributed by atoms with E-state index >= 15 is 0 Å². The largest absolute Gasteiger partial charge is 0.569 e. The van der Waals surface area contributed by atoms with Gasteiger partial charge in [0.1, 0.15) is 5.75 Å². The molecule has 1 fully saturated rings. The fourth-order valence-electron chi connectivity index (χ4n) is 1.20. The van der Waals surface area contributed by atoms with E-state index in [1.165, 1.54) is 18.4 Å². The lowest BCUT2D eigenvalue weighted by Gasteiger charge is -2.02. The van der Waals surface area contributed by atoms with E-state index in [4.69, 9.17) is 9.68 Å². The van der Waals surface area contributed by atoms with Gasteiger partial charge in [0.05, 0.1) is 6.20 Å². The summed E-state index contributed by atoms with van der Waals surface area (Å²) in [5.41, 5.74) is 1.20. The maximum Gasteiger partial charge on any atom is 0.569 e. The summed E-state index contributed by atoms with van der Waals surface area (Å²) in [6.07, 6.45) is 5.92. The molecule has 3 nitrogen and oxygen atoms in total. The molecule has 0 aromatic carbocycles. The molecule has 1 aliphatic rings. The quantitative estimate of drug-likeness (QED) is 0.670. The molecule has 1 heterocycles. The first kappa shape index (κ1) is 7.62. The third kappa shape index (κ3) is 1.59. The van der Waals surface area contributed by atoms with Crippen LogP contribution in [0.2, 0.25) is 0 Å². The minimum absolute atomic E-state index is 0.599. The van der Waals surface area contributed by atoms with E-state index in [1.54, 1.807) is 6.20 Å². The molecular weight excluding hydrogens is 153 g/mol. The molecule has 0 aliphatic heterocycles. The van der Waals surface area contributed by atoms with Crippen molar-refractivity contribution in [1.29, 1.82) is 0 Å². The van der Waals surface area contributed by atoms with Crippen molar-refractivity contribution < 1.29 is 9.68 Å². The van der Waals surface area contributed by atoms with E-state index in [9.17, 15) is 0 Å². The van der Waals surface area contributed by atoms with Gasteiger partial charge in [-0.15, -0.1) is 0 Å². The first-order chi connectivity index (χ1) is 5.90. The SMILES string of the molecule is O[B]Oc1cncc(C2CC2)c1. The first-order valence-corrected chi connectivity index (χ1v) is 3.97. The van der Waals surface area contributed by atoms with E-state index in [0.717, 1.165) is 0 Å². The van der Waals surface area contributed by atoms with Crippen molar-refractivity contribution in [2.75, 3.05) is 0 Å². The van der Waals surface area contributed by atoms with Gasteiger partial charge in [0.15, 0.2) is 0 Å². The molecule has 0 spiro atoms. The molecule has 0 bridgehead atoms. The van der Waals surface area contributed by atoms with Crippen LogP contribution in [0.4, 0.5) is 0 Å². The molecule has 61 valence electrons. The second-order valence-corrected chi connectivity index (χ2v) is 2.95. The van der Waals surface area contributed by atoms with Crippen molar-refractivity contribution in [3.63, 3.8) is 0 Å². The van der Waals surface area contributed by atoms with E-state index < -0.39 is 0 Å². The normalized spacial score (nSPS) is 15.8. The van der Waals surface area contributed by atoms with Gasteiger partial charge in [-0.3, -0.25) is 4.98 Å². The van der Waals surface area contributed by atoms with Gasteiger partial charge in [0.2, 0.25) is 0 Å². The first-order valence-electron chi connectivity index (χ1n) is 3.97. The maximum atomic E-state index is 8.39. The highest BCUT2D eigenvalue weighted by molar-refractivity contribution is 6.17. The highest BCUT2D eigenvalue weighted by Gasteiger charge is 2.23. The summed E-state index contributed by atoms with van der Waals surface area (Å²) in [4.78, 5) is 4.01. The molecule has 2 rings (SSSR count). The van der Waals surface area contributed by atoms with Crippen molar-refractivity contribution in [2.45, 2.75) is 18.8 Å². The van der Waals surface area contributed by atoms with Gasteiger partial charge in [0, 0.05) is 6.20 Å². The zero-order valence-electron chi connectivity index (χ0n) is 6.60. The molecule has 1 aromatic heterocycles. The molecule has 0 unspecified atom stereocenters. The number of pyridine rings is 1. The lowest BCUT2D eigenvalue weighted by molar-refractivity contribution is 0.452. The monoisotopic (exact) mass is 162 g/mol. The highest BCUT2D eigenvalue weighted by atomic mass is 16.5. The van der Waals surface area contributed by atoms with E-state index in [-0.39, 0.29) is 0 Å². The lowest BCUT2D eigenvalue weighted by atomic mass is 10.2. The molecular formula is C8H9BNO2. The van der Waals surface area contributed by atoms with Gasteiger partial charge >= 0.3 is 7.69 Å². The van der Waals surface area contributed by atoms with Crippen molar-refractivity contribution in [2.24, 2.45) is 0 Å². The predicted octanol–water partition coefficient (Wildman–Crippen LogP) is 0.864. The van der Waals surface area contributed by atoms with Crippen LogP contribution >= 0.6 is 0 Å². The summed E-state index contributed by atoms with van der Waals surface area (Å²) < 4.78 is 4.79. The highest BCUT2D eigenvalue weighted by Crippen LogP contribution is 2.40. The Morgan fingerprint density at radius 3 is 3.00 bits per heavy atom. The average molecular weight is 162 g/mol. The predicted molar refractivity (Wildman–Crippen MR) is 44.8 cm³/mol. The number of rotatable bonds is 3. The minimum Gasteiger partial charge on any atom is -0.536 e. The van der Waals surface area contributed by atoms with E-state index in [1.807, 2.05) is 12.3 Å². The Kier molecular flexibility index (Phi) is 2.00. The van der Waals surface area contributed by atoms with Crippen LogP contribution in [-0.2, 0) is 0 Å². The molecule has 12 heavy (non-hydrogen) atoms. The maximum absolute atomic E-state index is 8.39. The van der Waals surface area contributed by atoms with Crippen LogP contribution in [0.1, 0.15) is 24.3 Å². The van der Waals surface area contributed by atoms with Gasteiger partial charge in [-0.25, -0.2) is 0 Å². The summed E-state index contributed by atoms with van der Waals surface area (Å²) in [6, 6.07) is 1.91. The smallest absolute Gasteiger partial charge is 0.536 e. The van der Waals surface area contributed by atoms with Gasteiger partial charge in [-0.1, -0.05) is 0 Å². The molecule has 1 radical (unpaired) electrons. The Balaban J connectivity index is 2.15. The van der Waals surface area contributed by atoms with Crippen LogP contribution in [0.5, 0.6) is 5.75 Å². The second-order valence-electron chi connectivity index (χ2n) is 2.95. The molecule has 1 saturated carbocycles.